The van der Waals surface area contributed by atoms with E-state index in [-0.39, 0.29) is 0 Å². The Balaban J connectivity index is 1.74. The topological polar surface area (TPSA) is 42.7 Å². The smallest absolute Gasteiger partial charge is 0.0643 e. The fourth-order valence-corrected chi connectivity index (χ4v) is 3.31. The Bertz CT molecular complexity index is 584. The van der Waals surface area contributed by atoms with Crippen LogP contribution < -0.4 is 5.32 Å². The average molecular weight is 284 g/mol. The van der Waals surface area contributed by atoms with Crippen LogP contribution in [0.4, 0.5) is 0 Å². The maximum Gasteiger partial charge on any atom is 0.0643 e. The zero-order chi connectivity index (χ0) is 14.7. The van der Waals surface area contributed by atoms with Gasteiger partial charge in [0.1, 0.15) is 0 Å². The van der Waals surface area contributed by atoms with Crippen LogP contribution in [0.2, 0.25) is 0 Å². The highest BCUT2D eigenvalue weighted by atomic mass is 15.3. The van der Waals surface area contributed by atoms with E-state index in [2.05, 4.69) is 40.2 Å². The lowest BCUT2D eigenvalue weighted by atomic mass is 9.99. The second-order valence-corrected chi connectivity index (χ2v) is 6.00. The van der Waals surface area contributed by atoms with Gasteiger partial charge < -0.3 is 5.32 Å². The fourth-order valence-electron chi connectivity index (χ4n) is 3.31. The van der Waals surface area contributed by atoms with Crippen LogP contribution in [-0.4, -0.2) is 21.8 Å². The number of hydrogen-bond donors (Lipinski definition) is 1. The molecule has 3 rings (SSSR count). The van der Waals surface area contributed by atoms with Crippen LogP contribution in [0.1, 0.15) is 54.6 Å². The Morgan fingerprint density at radius 1 is 1.33 bits per heavy atom. The molecule has 0 radical (unpaired) electrons. The molecule has 112 valence electrons. The number of rotatable bonds is 5. The van der Waals surface area contributed by atoms with E-state index < -0.39 is 0 Å². The molecule has 1 atom stereocenters. The first-order valence-corrected chi connectivity index (χ1v) is 7.89. The predicted octanol–water partition coefficient (Wildman–Crippen LogP) is 3.20. The van der Waals surface area contributed by atoms with E-state index in [0.29, 0.717) is 12.1 Å². The van der Waals surface area contributed by atoms with Crippen molar-refractivity contribution in [2.24, 2.45) is 0 Å². The maximum atomic E-state index is 4.80. The molecule has 1 saturated carbocycles. The largest absolute Gasteiger partial charge is 0.313 e. The number of nitrogens with zero attached hydrogens (tertiary/aromatic N) is 3. The first kappa shape index (κ1) is 14.3. The van der Waals surface area contributed by atoms with E-state index in [9.17, 15) is 0 Å². The number of hydrogen-bond acceptors (Lipinski definition) is 3. The van der Waals surface area contributed by atoms with Crippen molar-refractivity contribution < 1.29 is 0 Å². The number of nitrogens with one attached hydrogen (secondary N) is 1. The molecule has 4 heteroatoms. The first-order chi connectivity index (χ1) is 10.3. The van der Waals surface area contributed by atoms with Gasteiger partial charge in [-0.25, -0.2) is 0 Å². The molecule has 1 N–H and O–H groups in total. The molecule has 4 nitrogen and oxygen atoms in total. The van der Waals surface area contributed by atoms with Gasteiger partial charge in [-0.05, 0) is 50.1 Å². The van der Waals surface area contributed by atoms with Gasteiger partial charge in [0.2, 0.25) is 0 Å². The van der Waals surface area contributed by atoms with E-state index in [4.69, 9.17) is 5.10 Å². The van der Waals surface area contributed by atoms with Crippen LogP contribution in [0, 0.1) is 6.92 Å². The zero-order valence-corrected chi connectivity index (χ0v) is 12.9. The van der Waals surface area contributed by atoms with Gasteiger partial charge in [-0.1, -0.05) is 12.8 Å². The highest BCUT2D eigenvalue weighted by Gasteiger charge is 2.19. The molecule has 0 amide bonds. The van der Waals surface area contributed by atoms with Crippen LogP contribution in [0.5, 0.6) is 0 Å². The molecule has 21 heavy (non-hydrogen) atoms. The van der Waals surface area contributed by atoms with Gasteiger partial charge in [0.05, 0.1) is 11.7 Å². The quantitative estimate of drug-likeness (QED) is 0.917. The summed E-state index contributed by atoms with van der Waals surface area (Å²) in [6.07, 6.45) is 12.1. The molecule has 1 unspecified atom stereocenters. The minimum absolute atomic E-state index is 0.292. The van der Waals surface area contributed by atoms with Crippen molar-refractivity contribution in [1.29, 1.82) is 0 Å². The second kappa shape index (κ2) is 6.39. The van der Waals surface area contributed by atoms with Crippen molar-refractivity contribution in [3.63, 3.8) is 0 Å². The lowest BCUT2D eigenvalue weighted by Gasteiger charge is -2.17. The molecule has 2 aromatic rings. The van der Waals surface area contributed by atoms with Crippen molar-refractivity contribution in [3.8, 4) is 0 Å². The molecule has 0 saturated heterocycles. The third-order valence-corrected chi connectivity index (χ3v) is 4.56. The van der Waals surface area contributed by atoms with Crippen LogP contribution in [0.3, 0.4) is 0 Å². The van der Waals surface area contributed by atoms with Crippen molar-refractivity contribution in [2.75, 3.05) is 7.05 Å². The van der Waals surface area contributed by atoms with Crippen molar-refractivity contribution in [2.45, 2.75) is 51.1 Å². The summed E-state index contributed by atoms with van der Waals surface area (Å²) in [6, 6.07) is 5.18. The molecule has 1 aliphatic rings. The number of likely N-dealkylation sites (N-methyl/N-ethyl adjacent to an activating group) is 1. The van der Waals surface area contributed by atoms with E-state index in [1.54, 1.807) is 0 Å². The number of aryl methyl sites for hydroxylation is 1. The SMILES string of the molecule is CNC(Cc1ccn(C2CCCC2)n1)c1ccncc1C. The van der Waals surface area contributed by atoms with E-state index in [1.165, 1.54) is 36.8 Å². The van der Waals surface area contributed by atoms with E-state index in [1.807, 2.05) is 19.4 Å². The molecular formula is C17H24N4. The summed E-state index contributed by atoms with van der Waals surface area (Å²) in [7, 11) is 2.01. The predicted molar refractivity (Wildman–Crippen MR) is 84.2 cm³/mol. The molecular weight excluding hydrogens is 260 g/mol. The molecule has 0 aliphatic heterocycles. The molecule has 2 aromatic heterocycles. The summed E-state index contributed by atoms with van der Waals surface area (Å²) < 4.78 is 2.18. The molecule has 0 spiro atoms. The molecule has 1 fully saturated rings. The third kappa shape index (κ3) is 3.16. The monoisotopic (exact) mass is 284 g/mol. The van der Waals surface area contributed by atoms with Crippen molar-refractivity contribution >= 4 is 0 Å². The van der Waals surface area contributed by atoms with Crippen molar-refractivity contribution in [3.05, 3.63) is 47.5 Å². The van der Waals surface area contributed by atoms with Gasteiger partial charge in [-0.15, -0.1) is 0 Å². The van der Waals surface area contributed by atoms with Gasteiger partial charge in [-0.2, -0.15) is 5.10 Å². The van der Waals surface area contributed by atoms with Gasteiger partial charge in [0.25, 0.3) is 0 Å². The minimum Gasteiger partial charge on any atom is -0.313 e. The van der Waals surface area contributed by atoms with Crippen LogP contribution in [-0.2, 0) is 6.42 Å². The molecule has 0 aromatic carbocycles. The lowest BCUT2D eigenvalue weighted by molar-refractivity contribution is 0.459. The standard InChI is InChI=1S/C17H24N4/c1-13-12-19-9-7-16(13)17(18-2)11-14-8-10-21(20-14)15-5-3-4-6-15/h7-10,12,15,17-18H,3-6,11H2,1-2H3. The Hall–Kier alpha value is -1.68. The highest BCUT2D eigenvalue weighted by molar-refractivity contribution is 5.26. The summed E-state index contributed by atoms with van der Waals surface area (Å²) in [4.78, 5) is 4.18. The average Bonchev–Trinajstić information content (AvgIpc) is 3.16. The number of pyridine rings is 1. The van der Waals surface area contributed by atoms with Crippen LogP contribution in [0.25, 0.3) is 0 Å². The highest BCUT2D eigenvalue weighted by Crippen LogP contribution is 2.29. The second-order valence-electron chi connectivity index (χ2n) is 6.00. The maximum absolute atomic E-state index is 4.80. The van der Waals surface area contributed by atoms with Gasteiger partial charge >= 0.3 is 0 Å². The first-order valence-electron chi connectivity index (χ1n) is 7.89. The van der Waals surface area contributed by atoms with Gasteiger partial charge in [0.15, 0.2) is 0 Å². The van der Waals surface area contributed by atoms with Crippen molar-refractivity contribution in [1.82, 2.24) is 20.1 Å². The van der Waals surface area contributed by atoms with E-state index >= 15 is 0 Å². The third-order valence-electron chi connectivity index (χ3n) is 4.56. The van der Waals surface area contributed by atoms with Crippen LogP contribution >= 0.6 is 0 Å². The lowest BCUT2D eigenvalue weighted by Crippen LogP contribution is -2.20. The Morgan fingerprint density at radius 2 is 2.14 bits per heavy atom. The number of aromatic nitrogens is 3. The van der Waals surface area contributed by atoms with Crippen LogP contribution in [0.15, 0.2) is 30.7 Å². The zero-order valence-electron chi connectivity index (χ0n) is 12.9. The molecule has 2 heterocycles. The molecule has 1 aliphatic carbocycles. The Morgan fingerprint density at radius 3 is 2.86 bits per heavy atom. The minimum atomic E-state index is 0.292. The van der Waals surface area contributed by atoms with Gasteiger partial charge in [-0.3, -0.25) is 9.67 Å². The summed E-state index contributed by atoms with van der Waals surface area (Å²) >= 11 is 0. The summed E-state index contributed by atoms with van der Waals surface area (Å²) in [5.74, 6) is 0. The summed E-state index contributed by atoms with van der Waals surface area (Å²) in [5, 5.41) is 8.21. The summed E-state index contributed by atoms with van der Waals surface area (Å²) in [5.41, 5.74) is 3.70. The normalized spacial score (nSPS) is 17.2. The Labute approximate surface area is 126 Å². The van der Waals surface area contributed by atoms with Gasteiger partial charge in [0, 0.05) is 31.1 Å². The Kier molecular flexibility index (Phi) is 4.34. The van der Waals surface area contributed by atoms with E-state index in [0.717, 1.165) is 12.1 Å². The molecule has 0 bridgehead atoms. The fraction of sp³-hybridized carbons (Fsp3) is 0.529. The summed E-state index contributed by atoms with van der Waals surface area (Å²) in [6.45, 7) is 2.11.